The first-order chi connectivity index (χ1) is 6.68. The fourth-order valence-electron chi connectivity index (χ4n) is 0.784. The van der Waals surface area contributed by atoms with Crippen LogP contribution in [0.2, 0.25) is 0 Å². The minimum absolute atomic E-state index is 0.114. The van der Waals surface area contributed by atoms with E-state index >= 15 is 0 Å². The van der Waals surface area contributed by atoms with Gasteiger partial charge in [-0.3, -0.25) is 4.79 Å². The van der Waals surface area contributed by atoms with Crippen LogP contribution in [0.5, 0.6) is 0 Å². The van der Waals surface area contributed by atoms with E-state index in [-0.39, 0.29) is 11.1 Å². The van der Waals surface area contributed by atoms with Crippen molar-refractivity contribution >= 4 is 28.9 Å². The fraction of sp³-hybridized carbons (Fsp3) is 0.222. The zero-order valence-electron chi connectivity index (χ0n) is 7.80. The highest BCUT2D eigenvalue weighted by Crippen LogP contribution is 2.04. The molecule has 0 radical (unpaired) electrons. The number of carbonyl (C=O) groups excluding carboxylic acids is 1. The van der Waals surface area contributed by atoms with Gasteiger partial charge in [0.2, 0.25) is 5.95 Å². The van der Waals surface area contributed by atoms with Crippen molar-refractivity contribution in [3.8, 4) is 0 Å². The summed E-state index contributed by atoms with van der Waals surface area (Å²) >= 11 is 1.26. The van der Waals surface area contributed by atoms with Crippen LogP contribution in [0.25, 0.3) is 6.08 Å². The minimum Gasteiger partial charge on any atom is -0.368 e. The number of anilines is 1. The molecule has 0 saturated carbocycles. The van der Waals surface area contributed by atoms with Crippen LogP contribution in [0.1, 0.15) is 12.5 Å². The van der Waals surface area contributed by atoms with E-state index in [1.807, 2.05) is 12.2 Å². The second kappa shape index (κ2) is 5.39. The van der Waals surface area contributed by atoms with Gasteiger partial charge in [-0.2, -0.15) is 0 Å². The summed E-state index contributed by atoms with van der Waals surface area (Å²) in [5.41, 5.74) is 6.20. The van der Waals surface area contributed by atoms with Gasteiger partial charge in [-0.15, -0.1) is 0 Å². The number of rotatable bonds is 3. The van der Waals surface area contributed by atoms with E-state index < -0.39 is 0 Å². The van der Waals surface area contributed by atoms with Crippen LogP contribution in [-0.4, -0.2) is 20.8 Å². The van der Waals surface area contributed by atoms with Crippen molar-refractivity contribution in [1.29, 1.82) is 0 Å². The van der Waals surface area contributed by atoms with Crippen molar-refractivity contribution in [2.75, 3.05) is 11.5 Å². The SMILES string of the molecule is CC(=O)SCC=Cc1cnc(N)nc1. The Labute approximate surface area is 86.6 Å². The van der Waals surface area contributed by atoms with Gasteiger partial charge in [0.1, 0.15) is 0 Å². The van der Waals surface area contributed by atoms with Gasteiger partial charge < -0.3 is 5.73 Å². The summed E-state index contributed by atoms with van der Waals surface area (Å²) in [5, 5.41) is 0.114. The highest BCUT2D eigenvalue weighted by atomic mass is 32.2. The molecule has 1 heterocycles. The van der Waals surface area contributed by atoms with Crippen LogP contribution < -0.4 is 5.73 Å². The van der Waals surface area contributed by atoms with Crippen LogP contribution in [0.3, 0.4) is 0 Å². The molecule has 0 amide bonds. The maximum Gasteiger partial charge on any atom is 0.219 e. The molecule has 0 fully saturated rings. The molecule has 74 valence electrons. The van der Waals surface area contributed by atoms with Gasteiger partial charge >= 0.3 is 0 Å². The lowest BCUT2D eigenvalue weighted by Gasteiger charge is -1.92. The lowest BCUT2D eigenvalue weighted by atomic mass is 10.3. The second-order valence-corrected chi connectivity index (χ2v) is 3.78. The first-order valence-corrected chi connectivity index (χ1v) is 5.04. The Hall–Kier alpha value is -1.36. The molecule has 1 aromatic heterocycles. The molecule has 1 rings (SSSR count). The summed E-state index contributed by atoms with van der Waals surface area (Å²) < 4.78 is 0. The van der Waals surface area contributed by atoms with Gasteiger partial charge in [0.15, 0.2) is 5.12 Å². The van der Waals surface area contributed by atoms with Crippen LogP contribution in [-0.2, 0) is 4.79 Å². The molecular formula is C9H11N3OS. The van der Waals surface area contributed by atoms with Crippen molar-refractivity contribution < 1.29 is 4.79 Å². The number of aromatic nitrogens is 2. The summed E-state index contributed by atoms with van der Waals surface area (Å²) in [6.45, 7) is 1.55. The van der Waals surface area contributed by atoms with Crippen molar-refractivity contribution in [1.82, 2.24) is 9.97 Å². The first-order valence-electron chi connectivity index (χ1n) is 4.06. The molecular weight excluding hydrogens is 198 g/mol. The van der Waals surface area contributed by atoms with Crippen molar-refractivity contribution in [2.24, 2.45) is 0 Å². The molecule has 0 aromatic carbocycles. The van der Waals surface area contributed by atoms with E-state index in [4.69, 9.17) is 5.73 Å². The van der Waals surface area contributed by atoms with E-state index in [2.05, 4.69) is 9.97 Å². The maximum absolute atomic E-state index is 10.6. The summed E-state index contributed by atoms with van der Waals surface area (Å²) in [6, 6.07) is 0. The highest BCUT2D eigenvalue weighted by Gasteiger charge is 1.91. The smallest absolute Gasteiger partial charge is 0.219 e. The van der Waals surface area contributed by atoms with Gasteiger partial charge in [-0.05, 0) is 0 Å². The molecule has 0 aliphatic rings. The summed E-state index contributed by atoms with van der Waals surface area (Å²) in [4.78, 5) is 18.3. The molecule has 14 heavy (non-hydrogen) atoms. The third kappa shape index (κ3) is 4.04. The monoisotopic (exact) mass is 209 g/mol. The number of nitrogens with zero attached hydrogens (tertiary/aromatic N) is 2. The Balaban J connectivity index is 2.44. The van der Waals surface area contributed by atoms with Gasteiger partial charge in [0.25, 0.3) is 0 Å². The van der Waals surface area contributed by atoms with Gasteiger partial charge in [0, 0.05) is 30.6 Å². The van der Waals surface area contributed by atoms with Crippen molar-refractivity contribution in [2.45, 2.75) is 6.92 Å². The number of nitrogen functional groups attached to an aromatic ring is 1. The molecule has 0 atom stereocenters. The number of thioether (sulfide) groups is 1. The van der Waals surface area contributed by atoms with E-state index in [0.29, 0.717) is 5.75 Å². The van der Waals surface area contributed by atoms with E-state index in [9.17, 15) is 4.79 Å². The van der Waals surface area contributed by atoms with Crippen molar-refractivity contribution in [3.05, 3.63) is 24.0 Å². The summed E-state index contributed by atoms with van der Waals surface area (Å²) in [6.07, 6.45) is 7.02. The third-order valence-electron chi connectivity index (χ3n) is 1.38. The van der Waals surface area contributed by atoms with Crippen molar-refractivity contribution in [3.63, 3.8) is 0 Å². The van der Waals surface area contributed by atoms with E-state index in [1.165, 1.54) is 11.8 Å². The van der Waals surface area contributed by atoms with E-state index in [0.717, 1.165) is 5.56 Å². The molecule has 5 heteroatoms. The lowest BCUT2D eigenvalue weighted by molar-refractivity contribution is -0.109. The molecule has 0 aliphatic carbocycles. The molecule has 4 nitrogen and oxygen atoms in total. The van der Waals surface area contributed by atoms with Gasteiger partial charge in [0.05, 0.1) is 0 Å². The quantitative estimate of drug-likeness (QED) is 0.813. The highest BCUT2D eigenvalue weighted by molar-refractivity contribution is 8.13. The number of carbonyl (C=O) groups is 1. The van der Waals surface area contributed by atoms with E-state index in [1.54, 1.807) is 19.3 Å². The Morgan fingerprint density at radius 1 is 1.57 bits per heavy atom. The fourth-order valence-corrected chi connectivity index (χ4v) is 1.21. The Kier molecular flexibility index (Phi) is 4.12. The maximum atomic E-state index is 10.6. The normalized spacial score (nSPS) is 10.6. The summed E-state index contributed by atoms with van der Waals surface area (Å²) in [7, 11) is 0. The minimum atomic E-state index is 0.114. The zero-order valence-corrected chi connectivity index (χ0v) is 8.62. The van der Waals surface area contributed by atoms with Crippen LogP contribution in [0, 0.1) is 0 Å². The molecule has 2 N–H and O–H groups in total. The van der Waals surface area contributed by atoms with Crippen LogP contribution in [0.15, 0.2) is 18.5 Å². The molecule has 0 aliphatic heterocycles. The topological polar surface area (TPSA) is 68.9 Å². The predicted molar refractivity (Wildman–Crippen MR) is 58.6 cm³/mol. The molecule has 0 bridgehead atoms. The molecule has 0 saturated heterocycles. The number of nitrogens with two attached hydrogens (primary N) is 1. The third-order valence-corrected chi connectivity index (χ3v) is 2.15. The second-order valence-electron chi connectivity index (χ2n) is 2.58. The Bertz CT molecular complexity index is 334. The standard InChI is InChI=1S/C9H11N3OS/c1-7(13)14-4-2-3-8-5-11-9(10)12-6-8/h2-3,5-6H,4H2,1H3,(H2,10,11,12). The molecule has 1 aromatic rings. The predicted octanol–water partition coefficient (Wildman–Crippen LogP) is 1.35. The average Bonchev–Trinajstić information content (AvgIpc) is 2.15. The lowest BCUT2D eigenvalue weighted by Crippen LogP contribution is -1.93. The van der Waals surface area contributed by atoms with Gasteiger partial charge in [-0.25, -0.2) is 9.97 Å². The molecule has 0 unspecified atom stereocenters. The first kappa shape index (κ1) is 10.7. The van der Waals surface area contributed by atoms with Crippen LogP contribution in [0.4, 0.5) is 5.95 Å². The molecule has 0 spiro atoms. The summed E-state index contributed by atoms with van der Waals surface area (Å²) in [5.74, 6) is 0.931. The number of hydrogen-bond donors (Lipinski definition) is 1. The Morgan fingerprint density at radius 3 is 2.79 bits per heavy atom. The van der Waals surface area contributed by atoms with Crippen LogP contribution >= 0.6 is 11.8 Å². The largest absolute Gasteiger partial charge is 0.368 e. The van der Waals surface area contributed by atoms with Gasteiger partial charge in [-0.1, -0.05) is 23.9 Å². The Morgan fingerprint density at radius 2 is 2.21 bits per heavy atom. The zero-order chi connectivity index (χ0) is 10.4. The number of hydrogen-bond acceptors (Lipinski definition) is 5. The average molecular weight is 209 g/mol.